The highest BCUT2D eigenvalue weighted by Gasteiger charge is 2.16. The Morgan fingerprint density at radius 2 is 2.24 bits per heavy atom. The molecule has 0 atom stereocenters. The number of carbonyl (C=O) groups excluding carboxylic acids is 2. The molecule has 7 heteroatoms. The molecule has 0 aromatic carbocycles. The van der Waals surface area contributed by atoms with Crippen LogP contribution in [0.4, 0.5) is 5.82 Å². The molecule has 118 valence electrons. The van der Waals surface area contributed by atoms with E-state index >= 15 is 0 Å². The molecule has 1 rings (SSSR count). The zero-order chi connectivity index (χ0) is 15.5. The van der Waals surface area contributed by atoms with E-state index in [1.807, 2.05) is 13.8 Å². The predicted molar refractivity (Wildman–Crippen MR) is 77.7 cm³/mol. The Kier molecular flexibility index (Phi) is 8.11. The number of rotatable bonds is 10. The molecule has 21 heavy (non-hydrogen) atoms. The van der Waals surface area contributed by atoms with E-state index in [4.69, 9.17) is 4.74 Å². The summed E-state index contributed by atoms with van der Waals surface area (Å²) in [5, 5.41) is 6.18. The molecule has 1 heterocycles. The highest BCUT2D eigenvalue weighted by Crippen LogP contribution is 2.04. The van der Waals surface area contributed by atoms with Crippen LogP contribution in [0.3, 0.4) is 0 Å². The number of aromatic nitrogens is 1. The first kappa shape index (κ1) is 17.2. The molecule has 0 aliphatic rings. The van der Waals surface area contributed by atoms with Gasteiger partial charge in [0.1, 0.15) is 6.26 Å². The number of nitrogens with zero attached hydrogens (tertiary/aromatic N) is 2. The maximum absolute atomic E-state index is 12.0. The van der Waals surface area contributed by atoms with Gasteiger partial charge in [-0.3, -0.25) is 9.59 Å². The molecule has 1 N–H and O–H groups in total. The molecule has 0 saturated carbocycles. The summed E-state index contributed by atoms with van der Waals surface area (Å²) in [4.78, 5) is 25.5. The number of amides is 2. The number of hydrogen-bond acceptors (Lipinski definition) is 5. The Bertz CT molecular complexity index is 420. The Balaban J connectivity index is 2.46. The van der Waals surface area contributed by atoms with Gasteiger partial charge in [0.25, 0.3) is 0 Å². The van der Waals surface area contributed by atoms with Crippen molar-refractivity contribution < 1.29 is 18.8 Å². The summed E-state index contributed by atoms with van der Waals surface area (Å²) >= 11 is 0. The Morgan fingerprint density at radius 1 is 1.43 bits per heavy atom. The van der Waals surface area contributed by atoms with Gasteiger partial charge in [-0.1, -0.05) is 12.1 Å². The van der Waals surface area contributed by atoms with Gasteiger partial charge in [-0.25, -0.2) is 0 Å². The fourth-order valence-corrected chi connectivity index (χ4v) is 1.80. The molecule has 0 unspecified atom stereocenters. The van der Waals surface area contributed by atoms with Crippen LogP contribution in [-0.2, 0) is 14.3 Å². The van der Waals surface area contributed by atoms with Crippen molar-refractivity contribution in [2.24, 2.45) is 0 Å². The van der Waals surface area contributed by atoms with Gasteiger partial charge in [0, 0.05) is 32.2 Å². The lowest BCUT2D eigenvalue weighted by atomic mass is 10.2. The molecule has 1 aromatic heterocycles. The molecule has 0 fully saturated rings. The standard InChI is InChI=1S/C14H23N3O4/c1-3-6-14(19)17(8-5-9-20-4-2)11-13(18)15-12-7-10-21-16-12/h7,10H,3-6,8-9,11H2,1-2H3,(H,15,16,18). The fraction of sp³-hybridized carbons (Fsp3) is 0.643. The van der Waals surface area contributed by atoms with Gasteiger partial charge >= 0.3 is 0 Å². The minimum absolute atomic E-state index is 0.0117. The minimum atomic E-state index is -0.287. The number of nitrogens with one attached hydrogen (secondary N) is 1. The molecule has 1 aromatic rings. The lowest BCUT2D eigenvalue weighted by Crippen LogP contribution is -2.39. The quantitative estimate of drug-likeness (QED) is 0.664. The maximum Gasteiger partial charge on any atom is 0.245 e. The largest absolute Gasteiger partial charge is 0.382 e. The summed E-state index contributed by atoms with van der Waals surface area (Å²) in [6.07, 6.45) is 3.27. The molecule has 0 saturated heterocycles. The van der Waals surface area contributed by atoms with Crippen LogP contribution in [0.2, 0.25) is 0 Å². The van der Waals surface area contributed by atoms with Crippen LogP contribution in [0.15, 0.2) is 16.9 Å². The Hall–Kier alpha value is -1.89. The third kappa shape index (κ3) is 6.89. The van der Waals surface area contributed by atoms with Crippen molar-refractivity contribution >= 4 is 17.6 Å². The zero-order valence-electron chi connectivity index (χ0n) is 12.6. The van der Waals surface area contributed by atoms with Crippen LogP contribution in [0.25, 0.3) is 0 Å². The number of hydrogen-bond donors (Lipinski definition) is 1. The van der Waals surface area contributed by atoms with Gasteiger partial charge in [-0.15, -0.1) is 0 Å². The number of anilines is 1. The van der Waals surface area contributed by atoms with E-state index in [2.05, 4.69) is 15.0 Å². The lowest BCUT2D eigenvalue weighted by molar-refractivity contribution is -0.134. The Labute approximate surface area is 124 Å². The molecule has 0 aliphatic carbocycles. The van der Waals surface area contributed by atoms with E-state index in [0.717, 1.165) is 6.42 Å². The third-order valence-electron chi connectivity index (χ3n) is 2.78. The van der Waals surface area contributed by atoms with Crippen molar-refractivity contribution in [1.82, 2.24) is 10.1 Å². The smallest absolute Gasteiger partial charge is 0.245 e. The summed E-state index contributed by atoms with van der Waals surface area (Å²) in [5.74, 6) is 0.0336. The van der Waals surface area contributed by atoms with Gasteiger partial charge in [-0.2, -0.15) is 0 Å². The van der Waals surface area contributed by atoms with Crippen LogP contribution in [0.5, 0.6) is 0 Å². The fourth-order valence-electron chi connectivity index (χ4n) is 1.80. The van der Waals surface area contributed by atoms with Crippen LogP contribution in [0, 0.1) is 0 Å². The molecule has 0 bridgehead atoms. The maximum atomic E-state index is 12.0. The van der Waals surface area contributed by atoms with Crippen LogP contribution >= 0.6 is 0 Å². The van der Waals surface area contributed by atoms with Crippen LogP contribution in [-0.4, -0.2) is 48.2 Å². The first-order valence-electron chi connectivity index (χ1n) is 7.23. The van der Waals surface area contributed by atoms with E-state index in [0.29, 0.717) is 38.4 Å². The molecule has 0 spiro atoms. The second kappa shape index (κ2) is 9.93. The minimum Gasteiger partial charge on any atom is -0.382 e. The molecule has 0 aliphatic heterocycles. The lowest BCUT2D eigenvalue weighted by Gasteiger charge is -2.21. The second-order valence-electron chi connectivity index (χ2n) is 4.55. The first-order valence-corrected chi connectivity index (χ1v) is 7.23. The summed E-state index contributed by atoms with van der Waals surface area (Å²) in [6.45, 7) is 5.60. The van der Waals surface area contributed by atoms with Crippen molar-refractivity contribution in [2.45, 2.75) is 33.1 Å². The summed E-state index contributed by atoms with van der Waals surface area (Å²) < 4.78 is 9.89. The zero-order valence-corrected chi connectivity index (χ0v) is 12.6. The number of carbonyl (C=O) groups is 2. The van der Waals surface area contributed by atoms with E-state index in [1.165, 1.54) is 6.26 Å². The van der Waals surface area contributed by atoms with E-state index in [-0.39, 0.29) is 18.4 Å². The van der Waals surface area contributed by atoms with Crippen molar-refractivity contribution in [1.29, 1.82) is 0 Å². The van der Waals surface area contributed by atoms with Gasteiger partial charge in [-0.05, 0) is 19.8 Å². The molecule has 0 radical (unpaired) electrons. The topological polar surface area (TPSA) is 84.7 Å². The number of ether oxygens (including phenoxy) is 1. The molecular weight excluding hydrogens is 274 g/mol. The van der Waals surface area contributed by atoms with Gasteiger partial charge in [0.05, 0.1) is 6.54 Å². The monoisotopic (exact) mass is 297 g/mol. The van der Waals surface area contributed by atoms with Gasteiger partial charge < -0.3 is 19.5 Å². The predicted octanol–water partition coefficient (Wildman–Crippen LogP) is 1.67. The van der Waals surface area contributed by atoms with Crippen molar-refractivity contribution in [2.75, 3.05) is 31.6 Å². The summed E-state index contributed by atoms with van der Waals surface area (Å²) in [5.41, 5.74) is 0. The average molecular weight is 297 g/mol. The molecular formula is C14H23N3O4. The molecule has 7 nitrogen and oxygen atoms in total. The van der Waals surface area contributed by atoms with E-state index < -0.39 is 0 Å². The SMILES string of the molecule is CCCC(=O)N(CCCOCC)CC(=O)Nc1ccon1. The van der Waals surface area contributed by atoms with Crippen LogP contribution < -0.4 is 5.32 Å². The van der Waals surface area contributed by atoms with Crippen molar-refractivity contribution in [3.8, 4) is 0 Å². The second-order valence-corrected chi connectivity index (χ2v) is 4.55. The van der Waals surface area contributed by atoms with E-state index in [9.17, 15) is 9.59 Å². The van der Waals surface area contributed by atoms with Crippen molar-refractivity contribution in [3.05, 3.63) is 12.3 Å². The first-order chi connectivity index (χ1) is 10.2. The summed E-state index contributed by atoms with van der Waals surface area (Å²) in [7, 11) is 0. The van der Waals surface area contributed by atoms with Gasteiger partial charge in [0.15, 0.2) is 5.82 Å². The van der Waals surface area contributed by atoms with Gasteiger partial charge in [0.2, 0.25) is 11.8 Å². The average Bonchev–Trinajstić information content (AvgIpc) is 2.95. The van der Waals surface area contributed by atoms with Crippen molar-refractivity contribution in [3.63, 3.8) is 0 Å². The normalized spacial score (nSPS) is 10.4. The Morgan fingerprint density at radius 3 is 2.86 bits per heavy atom. The third-order valence-corrected chi connectivity index (χ3v) is 2.78. The van der Waals surface area contributed by atoms with E-state index in [1.54, 1.807) is 11.0 Å². The highest BCUT2D eigenvalue weighted by molar-refractivity contribution is 5.93. The van der Waals surface area contributed by atoms with Crippen LogP contribution in [0.1, 0.15) is 33.1 Å². The highest BCUT2D eigenvalue weighted by atomic mass is 16.5. The molecule has 2 amide bonds. The summed E-state index contributed by atoms with van der Waals surface area (Å²) in [6, 6.07) is 1.55.